The number of unbranched alkanes of at least 4 members (excludes halogenated alkanes) is 3. The number of aliphatic carboxylic acids is 1. The van der Waals surface area contributed by atoms with Crippen LogP contribution in [0.25, 0.3) is 10.6 Å². The average molecular weight is 305 g/mol. The molecule has 0 amide bonds. The summed E-state index contributed by atoms with van der Waals surface area (Å²) < 4.78 is 0. The molecule has 0 bridgehead atoms. The Morgan fingerprint density at radius 2 is 1.90 bits per heavy atom. The fraction of sp³-hybridized carbons (Fsp3) is 0.375. The van der Waals surface area contributed by atoms with E-state index in [-0.39, 0.29) is 12.2 Å². The van der Waals surface area contributed by atoms with Crippen molar-refractivity contribution in [3.8, 4) is 16.3 Å². The number of carboxylic acid groups (broad SMARTS) is 1. The van der Waals surface area contributed by atoms with Gasteiger partial charge in [0.15, 0.2) is 0 Å². The third kappa shape index (κ3) is 4.86. The number of benzene rings is 1. The number of carboxylic acids is 1. The number of aryl methyl sites for hydroxylation is 1. The van der Waals surface area contributed by atoms with Crippen molar-refractivity contribution in [1.29, 1.82) is 0 Å². The number of carbonyl (C=O) groups is 1. The molecule has 1 heterocycles. The summed E-state index contributed by atoms with van der Waals surface area (Å²) in [6.07, 6.45) is 4.89. The highest BCUT2D eigenvalue weighted by molar-refractivity contribution is 7.13. The van der Waals surface area contributed by atoms with E-state index in [2.05, 4.69) is 4.98 Å². The molecule has 2 aromatic rings. The van der Waals surface area contributed by atoms with Gasteiger partial charge in [-0.1, -0.05) is 25.0 Å². The van der Waals surface area contributed by atoms with Gasteiger partial charge in [0.05, 0.1) is 11.3 Å². The van der Waals surface area contributed by atoms with Gasteiger partial charge >= 0.3 is 5.97 Å². The SMILES string of the molecule is O=C(O)CCCCCCc1csc(-c2ccccc2O)n1. The Morgan fingerprint density at radius 1 is 1.14 bits per heavy atom. The largest absolute Gasteiger partial charge is 0.507 e. The molecule has 1 aromatic heterocycles. The second-order valence-electron chi connectivity index (χ2n) is 4.97. The van der Waals surface area contributed by atoms with Crippen molar-refractivity contribution in [2.24, 2.45) is 0 Å². The molecule has 4 nitrogen and oxygen atoms in total. The quantitative estimate of drug-likeness (QED) is 0.721. The maximum Gasteiger partial charge on any atom is 0.303 e. The first-order chi connectivity index (χ1) is 10.2. The summed E-state index contributed by atoms with van der Waals surface area (Å²) in [7, 11) is 0. The summed E-state index contributed by atoms with van der Waals surface area (Å²) in [4.78, 5) is 14.9. The van der Waals surface area contributed by atoms with Crippen LogP contribution >= 0.6 is 11.3 Å². The highest BCUT2D eigenvalue weighted by Crippen LogP contribution is 2.31. The number of aromatic hydroxyl groups is 1. The average Bonchev–Trinajstić information content (AvgIpc) is 2.91. The van der Waals surface area contributed by atoms with E-state index in [4.69, 9.17) is 5.11 Å². The van der Waals surface area contributed by atoms with Crippen LogP contribution in [0.15, 0.2) is 29.6 Å². The van der Waals surface area contributed by atoms with Crippen LogP contribution in [-0.4, -0.2) is 21.2 Å². The number of rotatable bonds is 8. The molecule has 0 unspecified atom stereocenters. The maximum atomic E-state index is 10.4. The number of hydrogen-bond donors (Lipinski definition) is 2. The van der Waals surface area contributed by atoms with Crippen molar-refractivity contribution in [2.45, 2.75) is 38.5 Å². The second-order valence-corrected chi connectivity index (χ2v) is 5.83. The molecule has 0 saturated carbocycles. The number of thiazole rings is 1. The van der Waals surface area contributed by atoms with Crippen LogP contribution in [0, 0.1) is 0 Å². The number of phenols is 1. The minimum Gasteiger partial charge on any atom is -0.507 e. The molecule has 21 heavy (non-hydrogen) atoms. The smallest absolute Gasteiger partial charge is 0.303 e. The van der Waals surface area contributed by atoms with E-state index < -0.39 is 5.97 Å². The van der Waals surface area contributed by atoms with Crippen LogP contribution in [0.1, 0.15) is 37.8 Å². The topological polar surface area (TPSA) is 70.4 Å². The second kappa shape index (κ2) is 7.78. The first kappa shape index (κ1) is 15.5. The lowest BCUT2D eigenvalue weighted by Gasteiger charge is -2.00. The molecule has 0 aliphatic carbocycles. The summed E-state index contributed by atoms with van der Waals surface area (Å²) >= 11 is 1.54. The van der Waals surface area contributed by atoms with Crippen molar-refractivity contribution in [1.82, 2.24) is 4.98 Å². The van der Waals surface area contributed by atoms with Gasteiger partial charge in [0.1, 0.15) is 10.8 Å². The zero-order chi connectivity index (χ0) is 15.1. The van der Waals surface area contributed by atoms with E-state index in [1.807, 2.05) is 17.5 Å². The Bertz CT molecular complexity index is 595. The number of hydrogen-bond acceptors (Lipinski definition) is 4. The normalized spacial score (nSPS) is 10.7. The molecule has 0 radical (unpaired) electrons. The lowest BCUT2D eigenvalue weighted by Crippen LogP contribution is -1.94. The minimum absolute atomic E-state index is 0.257. The van der Waals surface area contributed by atoms with E-state index in [1.54, 1.807) is 23.5 Å². The molecule has 0 fully saturated rings. The standard InChI is InChI=1S/C16H19NO3S/c18-14-9-6-5-8-13(14)16-17-12(11-21-16)7-3-1-2-4-10-15(19)20/h5-6,8-9,11,18H,1-4,7,10H2,(H,19,20). The molecule has 2 rings (SSSR count). The van der Waals surface area contributed by atoms with Crippen molar-refractivity contribution in [2.75, 3.05) is 0 Å². The van der Waals surface area contributed by atoms with E-state index in [9.17, 15) is 9.90 Å². The summed E-state index contributed by atoms with van der Waals surface area (Å²) in [5.41, 5.74) is 1.81. The molecule has 0 atom stereocenters. The Balaban J connectivity index is 1.79. The van der Waals surface area contributed by atoms with Crippen LogP contribution < -0.4 is 0 Å². The highest BCUT2D eigenvalue weighted by Gasteiger charge is 2.08. The fourth-order valence-electron chi connectivity index (χ4n) is 2.14. The highest BCUT2D eigenvalue weighted by atomic mass is 32.1. The van der Waals surface area contributed by atoms with Crippen LogP contribution in [0.5, 0.6) is 5.75 Å². The van der Waals surface area contributed by atoms with Crippen LogP contribution in [0.3, 0.4) is 0 Å². The number of para-hydroxylation sites is 1. The van der Waals surface area contributed by atoms with Gasteiger partial charge in [0.2, 0.25) is 0 Å². The van der Waals surface area contributed by atoms with E-state index >= 15 is 0 Å². The zero-order valence-corrected chi connectivity index (χ0v) is 12.6. The molecule has 5 heteroatoms. The molecular weight excluding hydrogens is 286 g/mol. The summed E-state index contributed by atoms with van der Waals surface area (Å²) in [5, 5.41) is 21.2. The number of phenolic OH excluding ortho intramolecular Hbond substituents is 1. The number of aromatic nitrogens is 1. The molecule has 2 N–H and O–H groups in total. The van der Waals surface area contributed by atoms with Gasteiger partial charge in [-0.25, -0.2) is 4.98 Å². The lowest BCUT2D eigenvalue weighted by molar-refractivity contribution is -0.137. The van der Waals surface area contributed by atoms with Crippen LogP contribution in [0.2, 0.25) is 0 Å². The fourth-order valence-corrected chi connectivity index (χ4v) is 3.02. The first-order valence-electron chi connectivity index (χ1n) is 7.11. The predicted molar refractivity (Wildman–Crippen MR) is 83.6 cm³/mol. The van der Waals surface area contributed by atoms with Crippen molar-refractivity contribution in [3.05, 3.63) is 35.3 Å². The molecule has 0 aliphatic rings. The van der Waals surface area contributed by atoms with Crippen molar-refractivity contribution in [3.63, 3.8) is 0 Å². The Kier molecular flexibility index (Phi) is 5.75. The number of nitrogens with zero attached hydrogens (tertiary/aromatic N) is 1. The summed E-state index contributed by atoms with van der Waals surface area (Å²) in [6, 6.07) is 7.21. The van der Waals surface area contributed by atoms with Crippen molar-refractivity contribution >= 4 is 17.3 Å². The van der Waals surface area contributed by atoms with E-state index in [0.29, 0.717) is 0 Å². The molecule has 0 saturated heterocycles. The van der Waals surface area contributed by atoms with E-state index in [0.717, 1.165) is 48.4 Å². The molecule has 0 aliphatic heterocycles. The van der Waals surface area contributed by atoms with E-state index in [1.165, 1.54) is 0 Å². The summed E-state index contributed by atoms with van der Waals surface area (Å²) in [6.45, 7) is 0. The van der Waals surface area contributed by atoms with Gasteiger partial charge in [-0.15, -0.1) is 11.3 Å². The van der Waals surface area contributed by atoms with Crippen LogP contribution in [0.4, 0.5) is 0 Å². The molecule has 1 aromatic carbocycles. The lowest BCUT2D eigenvalue weighted by atomic mass is 10.1. The van der Waals surface area contributed by atoms with Gasteiger partial charge in [0.25, 0.3) is 0 Å². The third-order valence-electron chi connectivity index (χ3n) is 3.26. The Hall–Kier alpha value is -1.88. The van der Waals surface area contributed by atoms with Gasteiger partial charge in [-0.2, -0.15) is 0 Å². The molecule has 112 valence electrons. The zero-order valence-electron chi connectivity index (χ0n) is 11.8. The third-order valence-corrected chi connectivity index (χ3v) is 4.18. The monoisotopic (exact) mass is 305 g/mol. The predicted octanol–water partition coefficient (Wildman–Crippen LogP) is 4.09. The summed E-state index contributed by atoms with van der Waals surface area (Å²) in [5.74, 6) is -0.464. The van der Waals surface area contributed by atoms with Gasteiger partial charge < -0.3 is 10.2 Å². The first-order valence-corrected chi connectivity index (χ1v) is 7.99. The maximum absolute atomic E-state index is 10.4. The van der Waals surface area contributed by atoms with Gasteiger partial charge in [-0.3, -0.25) is 4.79 Å². The van der Waals surface area contributed by atoms with Crippen LogP contribution in [-0.2, 0) is 11.2 Å². The van der Waals surface area contributed by atoms with Gasteiger partial charge in [-0.05, 0) is 31.4 Å². The molecular formula is C16H19NO3S. The minimum atomic E-state index is -0.721. The Morgan fingerprint density at radius 3 is 2.67 bits per heavy atom. The molecule has 0 spiro atoms. The van der Waals surface area contributed by atoms with Gasteiger partial charge in [0, 0.05) is 11.8 Å². The van der Waals surface area contributed by atoms with Crippen molar-refractivity contribution < 1.29 is 15.0 Å². The Labute approximate surface area is 128 Å².